The van der Waals surface area contributed by atoms with Gasteiger partial charge in [0.1, 0.15) is 5.82 Å². The number of halogens is 2. The van der Waals surface area contributed by atoms with E-state index in [-0.39, 0.29) is 5.69 Å². The van der Waals surface area contributed by atoms with Gasteiger partial charge in [-0.2, -0.15) is 0 Å². The zero-order valence-corrected chi connectivity index (χ0v) is 10.7. The molecule has 0 bridgehead atoms. The predicted molar refractivity (Wildman–Crippen MR) is 70.4 cm³/mol. The average Bonchev–Trinajstić information content (AvgIpc) is 2.34. The molecule has 4 heteroatoms. The van der Waals surface area contributed by atoms with Crippen LogP contribution in [0, 0.1) is 23.5 Å². The van der Waals surface area contributed by atoms with E-state index < -0.39 is 11.6 Å². The lowest BCUT2D eigenvalue weighted by molar-refractivity contribution is 0.300. The van der Waals surface area contributed by atoms with Crippen LogP contribution in [0.1, 0.15) is 32.6 Å². The van der Waals surface area contributed by atoms with Gasteiger partial charge in [-0.3, -0.25) is 0 Å². The fraction of sp³-hybridized carbons (Fsp3) is 0.571. The predicted octanol–water partition coefficient (Wildman–Crippen LogP) is 3.79. The quantitative estimate of drug-likeness (QED) is 0.805. The molecule has 1 saturated carbocycles. The van der Waals surface area contributed by atoms with Crippen LogP contribution in [0.25, 0.3) is 0 Å². The third kappa shape index (κ3) is 3.12. The molecule has 0 atom stereocenters. The van der Waals surface area contributed by atoms with Crippen molar-refractivity contribution in [3.05, 3.63) is 23.8 Å². The summed E-state index contributed by atoms with van der Waals surface area (Å²) in [4.78, 5) is 0. The fourth-order valence-electron chi connectivity index (χ4n) is 2.52. The lowest BCUT2D eigenvalue weighted by atomic mass is 9.83. The maximum atomic E-state index is 13.3. The molecule has 1 fully saturated rings. The molecule has 0 unspecified atom stereocenters. The smallest absolute Gasteiger partial charge is 0.151 e. The number of hydrogen-bond donors (Lipinski definition) is 2. The molecular weight excluding hydrogens is 234 g/mol. The van der Waals surface area contributed by atoms with Gasteiger partial charge < -0.3 is 11.1 Å². The topological polar surface area (TPSA) is 38.0 Å². The molecule has 1 aromatic carbocycles. The molecule has 0 aromatic heterocycles. The molecule has 0 aliphatic heterocycles. The SMILES string of the molecule is CC1CCC(CNc2cc(F)cc(F)c2N)CC1. The van der Waals surface area contributed by atoms with E-state index >= 15 is 0 Å². The van der Waals surface area contributed by atoms with Crippen LogP contribution < -0.4 is 11.1 Å². The highest BCUT2D eigenvalue weighted by Crippen LogP contribution is 2.29. The second-order valence-corrected chi connectivity index (χ2v) is 5.36. The van der Waals surface area contributed by atoms with Crippen LogP contribution in [-0.2, 0) is 0 Å². The van der Waals surface area contributed by atoms with Crippen LogP contribution in [0.2, 0.25) is 0 Å². The largest absolute Gasteiger partial charge is 0.395 e. The van der Waals surface area contributed by atoms with E-state index in [1.54, 1.807) is 0 Å². The highest BCUT2D eigenvalue weighted by atomic mass is 19.1. The lowest BCUT2D eigenvalue weighted by Crippen LogP contribution is -2.20. The molecule has 0 radical (unpaired) electrons. The standard InChI is InChI=1S/C14H20F2N2/c1-9-2-4-10(5-3-9)8-18-13-7-11(15)6-12(16)14(13)17/h6-7,9-10,18H,2-5,8,17H2,1H3. The Bertz CT molecular complexity index is 413. The van der Waals surface area contributed by atoms with Gasteiger partial charge in [-0.1, -0.05) is 19.8 Å². The maximum absolute atomic E-state index is 13.3. The van der Waals surface area contributed by atoms with Gasteiger partial charge in [-0.25, -0.2) is 8.78 Å². The summed E-state index contributed by atoms with van der Waals surface area (Å²) in [5.41, 5.74) is 5.95. The van der Waals surface area contributed by atoms with E-state index in [4.69, 9.17) is 5.73 Å². The first-order valence-corrected chi connectivity index (χ1v) is 6.54. The molecule has 3 N–H and O–H groups in total. The summed E-state index contributed by atoms with van der Waals surface area (Å²) in [5, 5.41) is 3.07. The van der Waals surface area contributed by atoms with Gasteiger partial charge in [-0.05, 0) is 30.7 Å². The molecule has 1 aromatic rings. The Kier molecular flexibility index (Phi) is 4.04. The van der Waals surface area contributed by atoms with Crippen molar-refractivity contribution in [3.8, 4) is 0 Å². The Balaban J connectivity index is 1.94. The molecule has 0 saturated heterocycles. The number of nitrogens with two attached hydrogens (primary N) is 1. The third-order valence-corrected chi connectivity index (χ3v) is 3.81. The van der Waals surface area contributed by atoms with Gasteiger partial charge in [0, 0.05) is 12.6 Å². The van der Waals surface area contributed by atoms with Gasteiger partial charge in [-0.15, -0.1) is 0 Å². The normalized spacial score (nSPS) is 23.9. The maximum Gasteiger partial charge on any atom is 0.151 e. The van der Waals surface area contributed by atoms with E-state index in [1.165, 1.54) is 31.7 Å². The van der Waals surface area contributed by atoms with Gasteiger partial charge in [0.2, 0.25) is 0 Å². The van der Waals surface area contributed by atoms with E-state index in [0.717, 1.165) is 18.5 Å². The van der Waals surface area contributed by atoms with Crippen LogP contribution >= 0.6 is 0 Å². The zero-order valence-electron chi connectivity index (χ0n) is 10.7. The Hall–Kier alpha value is -1.32. The molecule has 2 nitrogen and oxygen atoms in total. The first-order chi connectivity index (χ1) is 8.56. The van der Waals surface area contributed by atoms with Crippen molar-refractivity contribution in [1.29, 1.82) is 0 Å². The van der Waals surface area contributed by atoms with Crippen molar-refractivity contribution in [1.82, 2.24) is 0 Å². The van der Waals surface area contributed by atoms with E-state index in [2.05, 4.69) is 12.2 Å². The van der Waals surface area contributed by atoms with Gasteiger partial charge in [0.25, 0.3) is 0 Å². The minimum Gasteiger partial charge on any atom is -0.395 e. The summed E-state index contributed by atoms with van der Waals surface area (Å²) >= 11 is 0. The third-order valence-electron chi connectivity index (χ3n) is 3.81. The van der Waals surface area contributed by atoms with Crippen LogP contribution in [-0.4, -0.2) is 6.54 Å². The second kappa shape index (κ2) is 5.55. The first kappa shape index (κ1) is 13.1. The summed E-state index contributed by atoms with van der Waals surface area (Å²) in [5.74, 6) is 0.0843. The molecule has 1 aliphatic carbocycles. The minimum atomic E-state index is -0.699. The number of anilines is 2. The second-order valence-electron chi connectivity index (χ2n) is 5.36. The number of nitrogens with one attached hydrogen (secondary N) is 1. The van der Waals surface area contributed by atoms with Crippen molar-refractivity contribution in [2.24, 2.45) is 11.8 Å². The van der Waals surface area contributed by atoms with Crippen molar-refractivity contribution < 1.29 is 8.78 Å². The highest BCUT2D eigenvalue weighted by Gasteiger charge is 2.18. The molecule has 0 amide bonds. The number of benzene rings is 1. The van der Waals surface area contributed by atoms with Crippen LogP contribution in [0.5, 0.6) is 0 Å². The van der Waals surface area contributed by atoms with Gasteiger partial charge in [0.15, 0.2) is 5.82 Å². The molecule has 2 rings (SSSR count). The molecule has 100 valence electrons. The summed E-state index contributed by atoms with van der Waals surface area (Å²) in [6, 6.07) is 2.06. The average molecular weight is 254 g/mol. The van der Waals surface area contributed by atoms with E-state index in [1.807, 2.05) is 0 Å². The van der Waals surface area contributed by atoms with E-state index in [0.29, 0.717) is 11.6 Å². The number of rotatable bonds is 3. The van der Waals surface area contributed by atoms with Crippen LogP contribution in [0.15, 0.2) is 12.1 Å². The summed E-state index contributed by atoms with van der Waals surface area (Å²) in [6.45, 7) is 3.00. The molecule has 1 aliphatic rings. The summed E-state index contributed by atoms with van der Waals surface area (Å²) in [6.07, 6.45) is 4.82. The molecule has 0 spiro atoms. The van der Waals surface area contributed by atoms with Gasteiger partial charge >= 0.3 is 0 Å². The highest BCUT2D eigenvalue weighted by molar-refractivity contribution is 5.66. The van der Waals surface area contributed by atoms with Gasteiger partial charge in [0.05, 0.1) is 11.4 Å². The van der Waals surface area contributed by atoms with Crippen molar-refractivity contribution in [2.45, 2.75) is 32.6 Å². The Labute approximate surface area is 107 Å². The molecular formula is C14H20F2N2. The van der Waals surface area contributed by atoms with Crippen molar-refractivity contribution >= 4 is 11.4 Å². The summed E-state index contributed by atoms with van der Waals surface area (Å²) < 4.78 is 26.3. The first-order valence-electron chi connectivity index (χ1n) is 6.54. The molecule has 0 heterocycles. The zero-order chi connectivity index (χ0) is 13.1. The van der Waals surface area contributed by atoms with Crippen molar-refractivity contribution in [3.63, 3.8) is 0 Å². The van der Waals surface area contributed by atoms with Crippen molar-refractivity contribution in [2.75, 3.05) is 17.6 Å². The minimum absolute atomic E-state index is 0.000535. The van der Waals surface area contributed by atoms with Crippen LogP contribution in [0.4, 0.5) is 20.2 Å². The lowest BCUT2D eigenvalue weighted by Gasteiger charge is -2.26. The number of hydrogen-bond acceptors (Lipinski definition) is 2. The van der Waals surface area contributed by atoms with E-state index in [9.17, 15) is 8.78 Å². The molecule has 18 heavy (non-hydrogen) atoms. The fourth-order valence-corrected chi connectivity index (χ4v) is 2.52. The Morgan fingerprint density at radius 3 is 2.56 bits per heavy atom. The number of nitrogen functional groups attached to an aromatic ring is 1. The Morgan fingerprint density at radius 1 is 1.22 bits per heavy atom. The Morgan fingerprint density at radius 2 is 1.89 bits per heavy atom. The summed E-state index contributed by atoms with van der Waals surface area (Å²) in [7, 11) is 0. The monoisotopic (exact) mass is 254 g/mol. The van der Waals surface area contributed by atoms with Crippen LogP contribution in [0.3, 0.4) is 0 Å².